The van der Waals surface area contributed by atoms with E-state index in [-0.39, 0.29) is 19.0 Å². The smallest absolute Gasteiger partial charge is 0.335 e. The Morgan fingerprint density at radius 2 is 1.77 bits per heavy atom. The number of hydrogen-bond acceptors (Lipinski definition) is 6. The van der Waals surface area contributed by atoms with Gasteiger partial charge in [0.05, 0.1) is 17.6 Å². The van der Waals surface area contributed by atoms with Gasteiger partial charge in [0.15, 0.2) is 0 Å². The van der Waals surface area contributed by atoms with Gasteiger partial charge < -0.3 is 15.2 Å². The molecule has 1 fully saturated rings. The lowest BCUT2D eigenvalue weighted by atomic mass is 9.63. The highest BCUT2D eigenvalue weighted by Crippen LogP contribution is 2.66. The molecular formula is C28H31NO5S. The second-order valence-electron chi connectivity index (χ2n) is 10.1. The van der Waals surface area contributed by atoms with Gasteiger partial charge in [-0.3, -0.25) is 9.59 Å². The van der Waals surface area contributed by atoms with Gasteiger partial charge in [0.2, 0.25) is 5.91 Å². The van der Waals surface area contributed by atoms with Gasteiger partial charge in [0.1, 0.15) is 5.60 Å². The van der Waals surface area contributed by atoms with Gasteiger partial charge in [-0.05, 0) is 69.5 Å². The minimum Gasteiger partial charge on any atom is -0.466 e. The van der Waals surface area contributed by atoms with Gasteiger partial charge >= 0.3 is 11.9 Å². The fraction of sp³-hybridized carbons (Fsp3) is 0.393. The monoisotopic (exact) mass is 493 g/mol. The van der Waals surface area contributed by atoms with Crippen LogP contribution in [0.3, 0.4) is 0 Å². The van der Waals surface area contributed by atoms with Crippen molar-refractivity contribution in [2.75, 3.05) is 6.61 Å². The maximum atomic E-state index is 13.6. The summed E-state index contributed by atoms with van der Waals surface area (Å²) < 4.78 is 11.3. The van der Waals surface area contributed by atoms with E-state index in [0.29, 0.717) is 28.9 Å². The second-order valence-corrected chi connectivity index (χ2v) is 11.0. The van der Waals surface area contributed by atoms with Crippen molar-refractivity contribution in [3.63, 3.8) is 0 Å². The van der Waals surface area contributed by atoms with Gasteiger partial charge in [-0.15, -0.1) is 11.3 Å². The third-order valence-electron chi connectivity index (χ3n) is 6.65. The van der Waals surface area contributed by atoms with E-state index in [2.05, 4.69) is 0 Å². The summed E-state index contributed by atoms with van der Waals surface area (Å²) in [6.45, 7) is 7.50. The zero-order valence-electron chi connectivity index (χ0n) is 20.6. The molecule has 1 amide bonds. The van der Waals surface area contributed by atoms with Crippen molar-refractivity contribution in [3.05, 3.63) is 75.5 Å². The van der Waals surface area contributed by atoms with Crippen LogP contribution in [-0.2, 0) is 24.5 Å². The number of hydrogen-bond donors (Lipinski definition) is 1. The van der Waals surface area contributed by atoms with E-state index >= 15 is 0 Å². The lowest BCUT2D eigenvalue weighted by Gasteiger charge is -2.41. The van der Waals surface area contributed by atoms with Crippen LogP contribution >= 0.6 is 11.3 Å². The fourth-order valence-electron chi connectivity index (χ4n) is 4.95. The number of thiophene rings is 1. The van der Waals surface area contributed by atoms with Crippen molar-refractivity contribution in [2.45, 2.75) is 58.0 Å². The van der Waals surface area contributed by atoms with Crippen LogP contribution in [0, 0.1) is 5.41 Å². The molecule has 2 aliphatic rings. The van der Waals surface area contributed by atoms with E-state index in [1.165, 1.54) is 11.3 Å². The van der Waals surface area contributed by atoms with E-state index < -0.39 is 28.3 Å². The zero-order valence-corrected chi connectivity index (χ0v) is 21.4. The molecule has 1 aromatic carbocycles. The Hall–Kier alpha value is -3.19. The minimum absolute atomic E-state index is 0.197. The van der Waals surface area contributed by atoms with E-state index in [1.807, 2.05) is 63.3 Å². The summed E-state index contributed by atoms with van der Waals surface area (Å²) in [5.74, 6) is -1.33. The highest BCUT2D eigenvalue weighted by atomic mass is 32.1. The molecule has 6 nitrogen and oxygen atoms in total. The van der Waals surface area contributed by atoms with Gasteiger partial charge in [0, 0.05) is 15.9 Å². The van der Waals surface area contributed by atoms with Crippen molar-refractivity contribution in [1.29, 1.82) is 0 Å². The van der Waals surface area contributed by atoms with E-state index in [9.17, 15) is 14.4 Å². The topological polar surface area (TPSA) is 95.7 Å². The van der Waals surface area contributed by atoms with Crippen LogP contribution in [0.5, 0.6) is 0 Å². The maximum absolute atomic E-state index is 13.6. The molecule has 184 valence electrons. The molecule has 7 heteroatoms. The summed E-state index contributed by atoms with van der Waals surface area (Å²) in [7, 11) is 0. The van der Waals surface area contributed by atoms with Crippen LogP contribution in [0.1, 0.15) is 67.8 Å². The first kappa shape index (κ1) is 24.9. The highest BCUT2D eigenvalue weighted by molar-refractivity contribution is 7.10. The van der Waals surface area contributed by atoms with Crippen LogP contribution in [0.4, 0.5) is 0 Å². The molecule has 1 aromatic heterocycles. The van der Waals surface area contributed by atoms with E-state index in [0.717, 1.165) is 11.1 Å². The van der Waals surface area contributed by atoms with Gasteiger partial charge in [0.25, 0.3) is 0 Å². The molecule has 2 aliphatic carbocycles. The van der Waals surface area contributed by atoms with Crippen LogP contribution in [0.2, 0.25) is 0 Å². The van der Waals surface area contributed by atoms with Crippen molar-refractivity contribution in [3.8, 4) is 0 Å². The molecule has 0 aliphatic heterocycles. The molecule has 35 heavy (non-hydrogen) atoms. The minimum atomic E-state index is -0.956. The number of carbonyl (C=O) groups excluding carboxylic acids is 3. The number of carbonyl (C=O) groups is 3. The SMILES string of the molecule is CCOC(=O)C1(C2(c3sccc3C(N)=O)C=CC(c3ccccc3)=C(C(=O)OC(C)(C)C)C2)CC1. The lowest BCUT2D eigenvalue weighted by Crippen LogP contribution is -2.44. The molecular weight excluding hydrogens is 462 g/mol. The first-order chi connectivity index (χ1) is 16.5. The first-order valence-corrected chi connectivity index (χ1v) is 12.7. The molecule has 4 rings (SSSR count). The molecule has 1 heterocycles. The van der Waals surface area contributed by atoms with Gasteiger partial charge in [-0.1, -0.05) is 42.5 Å². The fourth-order valence-corrected chi connectivity index (χ4v) is 6.13. The second kappa shape index (κ2) is 9.11. The highest BCUT2D eigenvalue weighted by Gasteiger charge is 2.67. The molecule has 0 bridgehead atoms. The summed E-state index contributed by atoms with van der Waals surface area (Å²) in [6, 6.07) is 11.3. The van der Waals surface area contributed by atoms with E-state index in [1.54, 1.807) is 18.4 Å². The average Bonchev–Trinajstić information content (AvgIpc) is 3.48. The number of benzene rings is 1. The Balaban J connectivity index is 1.93. The number of amides is 1. The summed E-state index contributed by atoms with van der Waals surface area (Å²) in [5.41, 5.74) is 5.65. The molecule has 0 saturated heterocycles. The average molecular weight is 494 g/mol. The third kappa shape index (κ3) is 4.45. The molecule has 1 atom stereocenters. The first-order valence-electron chi connectivity index (χ1n) is 11.8. The summed E-state index contributed by atoms with van der Waals surface area (Å²) in [6.07, 6.45) is 5.25. The number of allylic oxidation sites excluding steroid dienone is 3. The molecule has 2 aromatic rings. The van der Waals surface area contributed by atoms with Crippen LogP contribution in [-0.4, -0.2) is 30.1 Å². The van der Waals surface area contributed by atoms with Crippen molar-refractivity contribution >= 4 is 34.8 Å². The Morgan fingerprint density at radius 1 is 1.09 bits per heavy atom. The molecule has 0 radical (unpaired) electrons. The largest absolute Gasteiger partial charge is 0.466 e. The van der Waals surface area contributed by atoms with Gasteiger partial charge in [-0.25, -0.2) is 4.79 Å². The van der Waals surface area contributed by atoms with Crippen molar-refractivity contribution in [1.82, 2.24) is 0 Å². The molecule has 1 unspecified atom stereocenters. The van der Waals surface area contributed by atoms with Crippen LogP contribution in [0.25, 0.3) is 5.57 Å². The zero-order chi connectivity index (χ0) is 25.4. The number of rotatable bonds is 7. The Labute approximate surface area is 209 Å². The van der Waals surface area contributed by atoms with Gasteiger partial charge in [-0.2, -0.15) is 0 Å². The van der Waals surface area contributed by atoms with Crippen molar-refractivity contribution in [2.24, 2.45) is 11.1 Å². The Bertz CT molecular complexity index is 1210. The predicted octanol–water partition coefficient (Wildman–Crippen LogP) is 5.18. The number of ether oxygens (including phenoxy) is 2. The predicted molar refractivity (Wildman–Crippen MR) is 136 cm³/mol. The standard InChI is InChI=1S/C28H31NO5S/c1-5-33-25(32)27(14-15-27)28(22-20(23(29)30)12-16-35-22)13-11-19(18-9-7-6-8-10-18)21(17-28)24(31)34-26(2,3)4/h6-13,16H,5,14-15,17H2,1-4H3,(H2,29,30). The quantitative estimate of drug-likeness (QED) is 0.536. The molecule has 1 saturated carbocycles. The van der Waals surface area contributed by atoms with Crippen LogP contribution < -0.4 is 5.73 Å². The normalized spacial score (nSPS) is 20.9. The summed E-state index contributed by atoms with van der Waals surface area (Å²) in [5, 5.41) is 1.80. The molecule has 2 N–H and O–H groups in total. The Morgan fingerprint density at radius 3 is 2.34 bits per heavy atom. The molecule has 0 spiro atoms. The number of nitrogens with two attached hydrogens (primary N) is 1. The number of primary amides is 1. The maximum Gasteiger partial charge on any atom is 0.335 e. The van der Waals surface area contributed by atoms with Crippen LogP contribution in [0.15, 0.2) is 59.5 Å². The third-order valence-corrected chi connectivity index (χ3v) is 7.74. The van der Waals surface area contributed by atoms with E-state index in [4.69, 9.17) is 15.2 Å². The van der Waals surface area contributed by atoms with Crippen molar-refractivity contribution < 1.29 is 23.9 Å². The lowest BCUT2D eigenvalue weighted by molar-refractivity contribution is -0.154. The summed E-state index contributed by atoms with van der Waals surface area (Å²) >= 11 is 1.37. The Kier molecular flexibility index (Phi) is 6.49. The summed E-state index contributed by atoms with van der Waals surface area (Å²) in [4.78, 5) is 40.0. The number of esters is 2.